The van der Waals surface area contributed by atoms with Crippen molar-refractivity contribution in [3.63, 3.8) is 0 Å². The molecule has 1 unspecified atom stereocenters. The van der Waals surface area contributed by atoms with Crippen LogP contribution in [0, 0.1) is 0 Å². The average molecular weight is 370 g/mol. The summed E-state index contributed by atoms with van der Waals surface area (Å²) >= 11 is 1.49. The predicted molar refractivity (Wildman–Crippen MR) is 101 cm³/mol. The second kappa shape index (κ2) is 6.76. The Labute approximate surface area is 157 Å². The van der Waals surface area contributed by atoms with E-state index >= 15 is 0 Å². The van der Waals surface area contributed by atoms with Gasteiger partial charge in [0.05, 0.1) is 23.1 Å². The number of likely N-dealkylation sites (tertiary alicyclic amines) is 1. The van der Waals surface area contributed by atoms with Crippen LogP contribution in [-0.2, 0) is 6.42 Å². The fraction of sp³-hybridized carbons (Fsp3) is 0.400. The van der Waals surface area contributed by atoms with E-state index in [-0.39, 0.29) is 17.9 Å². The van der Waals surface area contributed by atoms with Crippen LogP contribution in [0.25, 0.3) is 0 Å². The molecule has 5 nitrogen and oxygen atoms in total. The summed E-state index contributed by atoms with van der Waals surface area (Å²) in [7, 11) is 3.51. The summed E-state index contributed by atoms with van der Waals surface area (Å²) in [5, 5.41) is 0. The van der Waals surface area contributed by atoms with E-state index in [1.165, 1.54) is 11.3 Å². The fourth-order valence-electron chi connectivity index (χ4n) is 3.71. The monoisotopic (exact) mass is 370 g/mol. The van der Waals surface area contributed by atoms with Crippen molar-refractivity contribution in [1.29, 1.82) is 0 Å². The topological polar surface area (TPSA) is 49.9 Å². The van der Waals surface area contributed by atoms with E-state index in [9.17, 15) is 9.59 Å². The normalized spacial score (nSPS) is 18.5. The fourth-order valence-corrected chi connectivity index (χ4v) is 4.89. The number of amides is 2. The van der Waals surface area contributed by atoms with Gasteiger partial charge in [0, 0.05) is 31.9 Å². The second-order valence-corrected chi connectivity index (χ2v) is 8.07. The molecule has 1 fully saturated rings. The number of carbonyl (C=O) groups excluding carboxylic acids is 2. The minimum atomic E-state index is 0.00593. The number of carbonyl (C=O) groups is 2. The van der Waals surface area contributed by atoms with Crippen molar-refractivity contribution in [3.8, 4) is 5.75 Å². The molecule has 1 aromatic carbocycles. The molecule has 4 rings (SSSR count). The van der Waals surface area contributed by atoms with Crippen LogP contribution in [-0.4, -0.2) is 48.9 Å². The molecule has 2 amide bonds. The van der Waals surface area contributed by atoms with Gasteiger partial charge in [0.25, 0.3) is 11.8 Å². The molecular formula is C20H22N2O3S. The van der Waals surface area contributed by atoms with Crippen LogP contribution >= 0.6 is 11.3 Å². The summed E-state index contributed by atoms with van der Waals surface area (Å²) in [4.78, 5) is 30.7. The minimum Gasteiger partial charge on any atom is -0.492 e. The molecule has 0 aliphatic carbocycles. The molecule has 26 heavy (non-hydrogen) atoms. The van der Waals surface area contributed by atoms with E-state index in [1.807, 2.05) is 35.2 Å². The van der Waals surface area contributed by atoms with E-state index < -0.39 is 0 Å². The molecule has 3 heterocycles. The average Bonchev–Trinajstić information content (AvgIpc) is 3.38. The van der Waals surface area contributed by atoms with Crippen LogP contribution in [0.2, 0.25) is 0 Å². The highest BCUT2D eigenvalue weighted by Gasteiger charge is 2.34. The SMILES string of the molecule is CN(C)C(=O)c1ccc(C2CCCN2C(=O)c2cccc3c2OCC3)s1. The zero-order chi connectivity index (χ0) is 18.3. The van der Waals surface area contributed by atoms with Crippen molar-refractivity contribution in [2.75, 3.05) is 27.2 Å². The van der Waals surface area contributed by atoms with Gasteiger partial charge < -0.3 is 14.5 Å². The molecule has 0 N–H and O–H groups in total. The Morgan fingerprint density at radius 2 is 2.08 bits per heavy atom. The molecule has 1 atom stereocenters. The van der Waals surface area contributed by atoms with Crippen molar-refractivity contribution in [3.05, 3.63) is 51.2 Å². The van der Waals surface area contributed by atoms with Gasteiger partial charge in [-0.3, -0.25) is 9.59 Å². The number of hydrogen-bond acceptors (Lipinski definition) is 4. The number of thiophene rings is 1. The lowest BCUT2D eigenvalue weighted by Crippen LogP contribution is -2.30. The molecule has 136 valence electrons. The molecule has 0 radical (unpaired) electrons. The molecular weight excluding hydrogens is 348 g/mol. The highest BCUT2D eigenvalue weighted by atomic mass is 32.1. The highest BCUT2D eigenvalue weighted by molar-refractivity contribution is 7.14. The van der Waals surface area contributed by atoms with Gasteiger partial charge in [-0.25, -0.2) is 0 Å². The van der Waals surface area contributed by atoms with Crippen LogP contribution < -0.4 is 4.74 Å². The maximum atomic E-state index is 13.2. The van der Waals surface area contributed by atoms with Crippen molar-refractivity contribution in [1.82, 2.24) is 9.80 Å². The second-order valence-electron chi connectivity index (χ2n) is 6.95. The summed E-state index contributed by atoms with van der Waals surface area (Å²) in [5.41, 5.74) is 1.77. The van der Waals surface area contributed by atoms with Gasteiger partial charge >= 0.3 is 0 Å². The van der Waals surface area contributed by atoms with Gasteiger partial charge in [0.2, 0.25) is 0 Å². The summed E-state index contributed by atoms with van der Waals surface area (Å²) in [5.74, 6) is 0.782. The largest absolute Gasteiger partial charge is 0.492 e. The molecule has 2 aromatic rings. The lowest BCUT2D eigenvalue weighted by Gasteiger charge is -2.24. The summed E-state index contributed by atoms with van der Waals surface area (Å²) < 4.78 is 5.72. The molecule has 1 saturated heterocycles. The molecule has 6 heteroatoms. The van der Waals surface area contributed by atoms with Crippen molar-refractivity contribution < 1.29 is 14.3 Å². The maximum absolute atomic E-state index is 13.2. The zero-order valence-corrected chi connectivity index (χ0v) is 15.8. The first-order chi connectivity index (χ1) is 12.6. The summed E-state index contributed by atoms with van der Waals surface area (Å²) in [6.45, 7) is 1.38. The number of nitrogens with zero attached hydrogens (tertiary/aromatic N) is 2. The standard InChI is InChI=1S/C20H22N2O3S/c1-21(2)20(24)17-9-8-16(26-17)15-7-4-11-22(15)19(23)14-6-3-5-13-10-12-25-18(13)14/h3,5-6,8-9,15H,4,7,10-12H2,1-2H3. The first-order valence-corrected chi connectivity index (χ1v) is 9.75. The molecule has 0 saturated carbocycles. The number of para-hydroxylation sites is 1. The van der Waals surface area contributed by atoms with Crippen molar-refractivity contribution in [2.45, 2.75) is 25.3 Å². The van der Waals surface area contributed by atoms with Gasteiger partial charge in [0.15, 0.2) is 0 Å². The van der Waals surface area contributed by atoms with Crippen LogP contribution in [0.15, 0.2) is 30.3 Å². The van der Waals surface area contributed by atoms with Gasteiger partial charge in [-0.1, -0.05) is 12.1 Å². The third-order valence-electron chi connectivity index (χ3n) is 5.03. The van der Waals surface area contributed by atoms with E-state index in [0.29, 0.717) is 17.0 Å². The number of fused-ring (bicyclic) bond motifs is 1. The van der Waals surface area contributed by atoms with Gasteiger partial charge in [-0.2, -0.15) is 0 Å². The lowest BCUT2D eigenvalue weighted by molar-refractivity contribution is 0.0734. The first kappa shape index (κ1) is 17.1. The van der Waals surface area contributed by atoms with Crippen LogP contribution in [0.1, 0.15) is 49.4 Å². The maximum Gasteiger partial charge on any atom is 0.263 e. The molecule has 1 aromatic heterocycles. The third-order valence-corrected chi connectivity index (χ3v) is 6.21. The first-order valence-electron chi connectivity index (χ1n) is 8.93. The summed E-state index contributed by atoms with van der Waals surface area (Å²) in [6, 6.07) is 9.71. The third kappa shape index (κ3) is 2.88. The Kier molecular flexibility index (Phi) is 4.44. The Morgan fingerprint density at radius 3 is 2.88 bits per heavy atom. The van der Waals surface area contributed by atoms with Gasteiger partial charge in [-0.15, -0.1) is 11.3 Å². The molecule has 0 spiro atoms. The van der Waals surface area contributed by atoms with Crippen molar-refractivity contribution >= 4 is 23.2 Å². The highest BCUT2D eigenvalue weighted by Crippen LogP contribution is 2.39. The van der Waals surface area contributed by atoms with E-state index in [2.05, 4.69) is 0 Å². The number of ether oxygens (including phenoxy) is 1. The zero-order valence-electron chi connectivity index (χ0n) is 15.0. The van der Waals surface area contributed by atoms with Gasteiger partial charge in [-0.05, 0) is 36.6 Å². The lowest BCUT2D eigenvalue weighted by atomic mass is 10.1. The van der Waals surface area contributed by atoms with Crippen molar-refractivity contribution in [2.24, 2.45) is 0 Å². The van der Waals surface area contributed by atoms with E-state index in [1.54, 1.807) is 19.0 Å². The van der Waals surface area contributed by atoms with Crippen LogP contribution in [0.5, 0.6) is 5.75 Å². The Balaban J connectivity index is 1.60. The molecule has 2 aliphatic rings. The molecule has 2 aliphatic heterocycles. The number of hydrogen-bond donors (Lipinski definition) is 0. The Hall–Kier alpha value is -2.34. The van der Waals surface area contributed by atoms with Crippen LogP contribution in [0.4, 0.5) is 0 Å². The Morgan fingerprint density at radius 1 is 1.23 bits per heavy atom. The van der Waals surface area contributed by atoms with Crippen LogP contribution in [0.3, 0.4) is 0 Å². The van der Waals surface area contributed by atoms with E-state index in [4.69, 9.17) is 4.74 Å². The molecule has 0 bridgehead atoms. The number of rotatable bonds is 3. The Bertz CT molecular complexity index is 858. The summed E-state index contributed by atoms with van der Waals surface area (Å²) in [6.07, 6.45) is 2.76. The van der Waals surface area contributed by atoms with Gasteiger partial charge in [0.1, 0.15) is 5.75 Å². The van der Waals surface area contributed by atoms with E-state index in [0.717, 1.165) is 42.0 Å². The quantitative estimate of drug-likeness (QED) is 0.832. The smallest absolute Gasteiger partial charge is 0.263 e. The predicted octanol–water partition coefficient (Wildman–Crippen LogP) is 3.36. The minimum absolute atomic E-state index is 0.00593. The number of benzene rings is 1.